The lowest BCUT2D eigenvalue weighted by atomic mass is 9.82. The Bertz CT molecular complexity index is 2250. The van der Waals surface area contributed by atoms with E-state index in [1.807, 2.05) is 13.8 Å². The number of nitrogens with zero attached hydrogens (tertiary/aromatic N) is 3. The van der Waals surface area contributed by atoms with Crippen molar-refractivity contribution in [2.75, 3.05) is 23.3 Å². The van der Waals surface area contributed by atoms with E-state index in [1.54, 1.807) is 6.07 Å². The fourth-order valence-corrected chi connectivity index (χ4v) is 7.83. The molecular formula is C34H39N7O9S2. The van der Waals surface area contributed by atoms with Crippen LogP contribution < -0.4 is 22.1 Å². The van der Waals surface area contributed by atoms with Crippen LogP contribution in [0.2, 0.25) is 0 Å². The molecule has 1 aliphatic rings. The van der Waals surface area contributed by atoms with Gasteiger partial charge in [0, 0.05) is 23.4 Å². The van der Waals surface area contributed by atoms with Gasteiger partial charge < -0.3 is 27.2 Å². The van der Waals surface area contributed by atoms with Gasteiger partial charge in [-0.25, -0.2) is 13.1 Å². The summed E-state index contributed by atoms with van der Waals surface area (Å²) in [5.74, 6) is -1.99. The van der Waals surface area contributed by atoms with Gasteiger partial charge in [-0.3, -0.25) is 18.9 Å². The smallest absolute Gasteiger partial charge is 0.296 e. The summed E-state index contributed by atoms with van der Waals surface area (Å²) in [5.41, 5.74) is 11.4. The van der Waals surface area contributed by atoms with Crippen LogP contribution in [0.25, 0.3) is 0 Å². The molecule has 18 heteroatoms. The topological polar surface area (TPSA) is 267 Å². The molecule has 2 atom stereocenters. The number of unbranched alkanes of at least 4 members (excludes halogenated alkanes) is 1. The van der Waals surface area contributed by atoms with Crippen LogP contribution in [0.15, 0.2) is 70.6 Å². The number of nitrogens with two attached hydrogens (primary N) is 2. The second-order valence-electron chi connectivity index (χ2n) is 12.8. The minimum absolute atomic E-state index is 0.0182. The molecule has 0 saturated carbocycles. The highest BCUT2D eigenvalue weighted by Gasteiger charge is 2.36. The van der Waals surface area contributed by atoms with Gasteiger partial charge in [-0.1, -0.05) is 49.4 Å². The number of fused-ring (bicyclic) bond motifs is 2. The van der Waals surface area contributed by atoms with E-state index in [0.29, 0.717) is 18.5 Å². The molecule has 0 spiro atoms. The second-order valence-corrected chi connectivity index (χ2v) is 16.3. The molecule has 0 radical (unpaired) electrons. The summed E-state index contributed by atoms with van der Waals surface area (Å²) in [4.78, 5) is 38.3. The lowest BCUT2D eigenvalue weighted by Crippen LogP contribution is -2.46. The molecule has 5 rings (SSSR count). The summed E-state index contributed by atoms with van der Waals surface area (Å²) in [6.45, 7) is 3.66. The van der Waals surface area contributed by atoms with Gasteiger partial charge in [-0.15, -0.1) is 5.10 Å². The van der Waals surface area contributed by atoms with Crippen LogP contribution in [0, 0.1) is 5.92 Å². The predicted octanol–water partition coefficient (Wildman–Crippen LogP) is 1.88. The average Bonchev–Trinajstić information content (AvgIpc) is 3.54. The number of carbonyl (C=O) groups is 3. The molecule has 1 amide bonds. The zero-order valence-corrected chi connectivity index (χ0v) is 29.9. The number of aliphatic hydroxyl groups is 1. The molecule has 1 aromatic heterocycles. The van der Waals surface area contributed by atoms with Crippen LogP contribution in [0.4, 0.5) is 17.1 Å². The van der Waals surface area contributed by atoms with E-state index in [1.165, 1.54) is 53.3 Å². The summed E-state index contributed by atoms with van der Waals surface area (Å²) in [6.07, 6.45) is 1.67. The molecule has 0 aliphatic heterocycles. The number of hydrogen-bond donors (Lipinski definition) is 6. The molecule has 1 aliphatic carbocycles. The fraction of sp³-hybridized carbons (Fsp3) is 0.324. The van der Waals surface area contributed by atoms with E-state index in [4.69, 9.17) is 11.5 Å². The standard InChI is InChI=1S/C34H39N7O9S2/c1-19(2)30(35)34(45)37-17-22(42)18-41-21(16-38-40-41)9-5-6-13-51(46,47)23-10-7-8-20(14-23)39-26-15-27(52(48,49)50)31(36)29-28(26)32(43)24-11-3-4-12-25(24)33(29)44/h3-4,7-8,10-12,14-16,19,22,30,39,42H,5-6,9,13,17-18,35-36H2,1-2H3,(H,37,45)(H,48,49,50). The third-order valence-electron chi connectivity index (χ3n) is 8.66. The number of benzene rings is 3. The lowest BCUT2D eigenvalue weighted by Gasteiger charge is -2.23. The van der Waals surface area contributed by atoms with Crippen LogP contribution >= 0.6 is 0 Å². The Balaban J connectivity index is 1.27. The van der Waals surface area contributed by atoms with Gasteiger partial charge in [0.1, 0.15) is 4.90 Å². The molecule has 16 nitrogen and oxygen atoms in total. The molecule has 8 N–H and O–H groups in total. The fourth-order valence-electron chi connectivity index (χ4n) is 5.77. The maximum atomic E-state index is 13.6. The van der Waals surface area contributed by atoms with E-state index in [0.717, 1.165) is 6.07 Å². The molecule has 4 aromatic rings. The van der Waals surface area contributed by atoms with Gasteiger partial charge in [-0.2, -0.15) is 8.42 Å². The highest BCUT2D eigenvalue weighted by Crippen LogP contribution is 2.40. The Labute approximate surface area is 300 Å². The summed E-state index contributed by atoms with van der Waals surface area (Å²) < 4.78 is 62.6. The van der Waals surface area contributed by atoms with E-state index in [-0.39, 0.29) is 70.0 Å². The van der Waals surface area contributed by atoms with Gasteiger partial charge >= 0.3 is 0 Å². The lowest BCUT2D eigenvalue weighted by molar-refractivity contribution is -0.123. The van der Waals surface area contributed by atoms with Gasteiger partial charge in [0.2, 0.25) is 5.91 Å². The van der Waals surface area contributed by atoms with Crippen LogP contribution in [0.5, 0.6) is 0 Å². The average molecular weight is 754 g/mol. The third kappa shape index (κ3) is 8.21. The number of hydrogen-bond acceptors (Lipinski definition) is 13. The van der Waals surface area contributed by atoms with E-state index in [9.17, 15) is 40.9 Å². The number of nitrogen functional groups attached to an aromatic ring is 1. The predicted molar refractivity (Wildman–Crippen MR) is 191 cm³/mol. The maximum Gasteiger partial charge on any atom is 0.296 e. The van der Waals surface area contributed by atoms with Crippen molar-refractivity contribution >= 4 is 54.5 Å². The van der Waals surface area contributed by atoms with Crippen molar-refractivity contribution in [3.05, 3.63) is 88.7 Å². The number of aliphatic hydroxyl groups excluding tert-OH is 1. The Hall–Kier alpha value is -5.01. The zero-order valence-electron chi connectivity index (χ0n) is 28.3. The molecular weight excluding hydrogens is 715 g/mol. The zero-order chi connectivity index (χ0) is 38.0. The molecule has 2 unspecified atom stereocenters. The Kier molecular flexibility index (Phi) is 11.3. The van der Waals surface area contributed by atoms with Crippen molar-refractivity contribution in [2.45, 2.75) is 61.6 Å². The monoisotopic (exact) mass is 753 g/mol. The Morgan fingerprint density at radius 2 is 1.63 bits per heavy atom. The molecule has 0 fully saturated rings. The first kappa shape index (κ1) is 38.2. The summed E-state index contributed by atoms with van der Waals surface area (Å²) in [5, 5.41) is 23.8. The Morgan fingerprint density at radius 1 is 0.962 bits per heavy atom. The van der Waals surface area contributed by atoms with E-state index in [2.05, 4.69) is 20.9 Å². The van der Waals surface area contributed by atoms with Crippen LogP contribution in [0.1, 0.15) is 64.2 Å². The number of ketones is 2. The first-order valence-electron chi connectivity index (χ1n) is 16.3. The number of rotatable bonds is 15. The van der Waals surface area contributed by atoms with Crippen molar-refractivity contribution in [1.82, 2.24) is 20.3 Å². The van der Waals surface area contributed by atoms with Crippen molar-refractivity contribution in [3.8, 4) is 0 Å². The van der Waals surface area contributed by atoms with Gasteiger partial charge in [-0.05, 0) is 49.4 Å². The quantitative estimate of drug-likeness (QED) is 0.0507. The summed E-state index contributed by atoms with van der Waals surface area (Å²) in [7, 11) is -8.78. The largest absolute Gasteiger partial charge is 0.397 e. The van der Waals surface area contributed by atoms with Crippen LogP contribution in [-0.4, -0.2) is 83.4 Å². The minimum atomic E-state index is -4.95. The summed E-state index contributed by atoms with van der Waals surface area (Å²) >= 11 is 0. The first-order chi connectivity index (χ1) is 24.5. The highest BCUT2D eigenvalue weighted by molar-refractivity contribution is 7.91. The Morgan fingerprint density at radius 3 is 2.29 bits per heavy atom. The second kappa shape index (κ2) is 15.3. The van der Waals surface area contributed by atoms with E-state index < -0.39 is 59.8 Å². The number of aryl methyl sites for hydroxylation is 1. The number of amides is 1. The van der Waals surface area contributed by atoms with Gasteiger partial charge in [0.15, 0.2) is 21.4 Å². The highest BCUT2D eigenvalue weighted by atomic mass is 32.2. The molecule has 1 heterocycles. The van der Waals surface area contributed by atoms with Gasteiger partial charge in [0.05, 0.1) is 63.7 Å². The van der Waals surface area contributed by atoms with Crippen LogP contribution in [0.3, 0.4) is 0 Å². The van der Waals surface area contributed by atoms with Crippen molar-refractivity contribution < 1.29 is 40.9 Å². The van der Waals surface area contributed by atoms with Crippen molar-refractivity contribution in [2.24, 2.45) is 11.7 Å². The van der Waals surface area contributed by atoms with Crippen LogP contribution in [-0.2, 0) is 37.7 Å². The maximum absolute atomic E-state index is 13.6. The number of sulfone groups is 1. The SMILES string of the molecule is CC(C)C(N)C(=O)NCC(O)Cn1nncc1CCCCS(=O)(=O)c1cccc(Nc2cc(S(=O)(=O)O)c(N)c3c2C(=O)c2ccccc2C3=O)c1. The van der Waals surface area contributed by atoms with Crippen molar-refractivity contribution in [3.63, 3.8) is 0 Å². The number of carbonyl (C=O) groups excluding carboxylic acids is 3. The molecule has 52 heavy (non-hydrogen) atoms. The minimum Gasteiger partial charge on any atom is -0.397 e. The third-order valence-corrected chi connectivity index (χ3v) is 11.4. The molecule has 276 valence electrons. The normalized spacial score (nSPS) is 14.1. The summed E-state index contributed by atoms with van der Waals surface area (Å²) in [6, 6.07) is 11.8. The number of anilines is 3. The molecule has 0 bridgehead atoms. The van der Waals surface area contributed by atoms with Gasteiger partial charge in [0.25, 0.3) is 10.1 Å². The molecule has 0 saturated heterocycles. The first-order valence-corrected chi connectivity index (χ1v) is 19.4. The van der Waals surface area contributed by atoms with Crippen molar-refractivity contribution in [1.29, 1.82) is 0 Å². The molecule has 3 aromatic carbocycles. The number of aromatic nitrogens is 3. The number of nitrogens with one attached hydrogen (secondary N) is 2. The van der Waals surface area contributed by atoms with E-state index >= 15 is 0 Å².